The van der Waals surface area contributed by atoms with E-state index in [0.29, 0.717) is 11.6 Å². The maximum absolute atomic E-state index is 6.76. The molecule has 0 bridgehead atoms. The summed E-state index contributed by atoms with van der Waals surface area (Å²) < 4.78 is 6.76. The van der Waals surface area contributed by atoms with E-state index in [4.69, 9.17) is 21.0 Å². The summed E-state index contributed by atoms with van der Waals surface area (Å²) in [5, 5.41) is 9.76. The lowest BCUT2D eigenvalue weighted by molar-refractivity contribution is 0.670. The Balaban J connectivity index is 0.830. The van der Waals surface area contributed by atoms with Gasteiger partial charge in [-0.2, -0.15) is 9.97 Å². The van der Waals surface area contributed by atoms with E-state index in [1.807, 2.05) is 42.5 Å². The van der Waals surface area contributed by atoms with Crippen molar-refractivity contribution in [3.63, 3.8) is 0 Å². The smallest absolute Gasteiger partial charge is 0.226 e. The Morgan fingerprint density at radius 2 is 0.831 bits per heavy atom. The van der Waals surface area contributed by atoms with Crippen molar-refractivity contribution in [2.75, 3.05) is 0 Å². The minimum Gasteiger partial charge on any atom is -0.455 e. The van der Waals surface area contributed by atoms with Gasteiger partial charge in [-0.25, -0.2) is 4.98 Å². The van der Waals surface area contributed by atoms with Gasteiger partial charge in [0, 0.05) is 49.2 Å². The van der Waals surface area contributed by atoms with Crippen molar-refractivity contribution in [1.29, 1.82) is 0 Å². The molecule has 0 atom stereocenters. The molecular formula is C59H35ClN4O. The summed E-state index contributed by atoms with van der Waals surface area (Å²) in [6.07, 6.45) is 0. The summed E-state index contributed by atoms with van der Waals surface area (Å²) in [6, 6.07) is 72.5. The summed E-state index contributed by atoms with van der Waals surface area (Å²) in [5.74, 6) is 1.06. The summed E-state index contributed by atoms with van der Waals surface area (Å²) >= 11 is 6.47. The van der Waals surface area contributed by atoms with Crippen LogP contribution in [-0.2, 0) is 0 Å². The predicted molar refractivity (Wildman–Crippen MR) is 269 cm³/mol. The topological polar surface area (TPSA) is 67.6 Å². The fourth-order valence-corrected chi connectivity index (χ4v) is 9.89. The Morgan fingerprint density at radius 1 is 0.338 bits per heavy atom. The normalized spacial score (nSPS) is 11.8. The van der Waals surface area contributed by atoms with Crippen LogP contribution < -0.4 is 0 Å². The second-order valence-corrected chi connectivity index (χ2v) is 16.9. The molecule has 0 unspecified atom stereocenters. The first kappa shape index (κ1) is 37.2. The van der Waals surface area contributed by atoms with Crippen LogP contribution in [0.2, 0.25) is 5.28 Å². The first-order valence-corrected chi connectivity index (χ1v) is 22.1. The van der Waals surface area contributed by atoms with Gasteiger partial charge in [0.15, 0.2) is 11.6 Å². The van der Waals surface area contributed by atoms with Crippen LogP contribution >= 0.6 is 11.6 Å². The molecule has 3 aromatic heterocycles. The number of H-pyrrole nitrogens is 1. The van der Waals surface area contributed by atoms with E-state index < -0.39 is 0 Å². The second kappa shape index (κ2) is 14.9. The Morgan fingerprint density at radius 3 is 1.55 bits per heavy atom. The lowest BCUT2D eigenvalue weighted by Crippen LogP contribution is -1.97. The lowest BCUT2D eigenvalue weighted by atomic mass is 9.95. The van der Waals surface area contributed by atoms with Crippen LogP contribution in [0.5, 0.6) is 0 Å². The third-order valence-corrected chi connectivity index (χ3v) is 13.0. The minimum atomic E-state index is 0.154. The Kier molecular flexibility index (Phi) is 8.51. The number of halogens is 1. The molecule has 6 heteroatoms. The van der Waals surface area contributed by atoms with Gasteiger partial charge < -0.3 is 9.40 Å². The van der Waals surface area contributed by atoms with Crippen LogP contribution in [-0.4, -0.2) is 19.9 Å². The highest BCUT2D eigenvalue weighted by Crippen LogP contribution is 2.44. The number of nitrogens with zero attached hydrogens (tertiary/aromatic N) is 3. The van der Waals surface area contributed by atoms with E-state index in [1.165, 1.54) is 32.3 Å². The fourth-order valence-electron chi connectivity index (χ4n) is 9.73. The fraction of sp³-hybridized carbons (Fsp3) is 0. The van der Waals surface area contributed by atoms with Gasteiger partial charge in [0.2, 0.25) is 5.28 Å². The summed E-state index contributed by atoms with van der Waals surface area (Å²) in [5.41, 5.74) is 14.6. The third-order valence-electron chi connectivity index (χ3n) is 12.8. The highest BCUT2D eigenvalue weighted by atomic mass is 35.5. The molecule has 65 heavy (non-hydrogen) atoms. The molecule has 0 saturated carbocycles. The third kappa shape index (κ3) is 6.20. The van der Waals surface area contributed by atoms with Gasteiger partial charge >= 0.3 is 0 Å². The molecule has 3 heterocycles. The maximum Gasteiger partial charge on any atom is 0.226 e. The number of para-hydroxylation sites is 2. The van der Waals surface area contributed by atoms with Gasteiger partial charge in [0.05, 0.1) is 11.0 Å². The van der Waals surface area contributed by atoms with Gasteiger partial charge in [0.1, 0.15) is 11.2 Å². The van der Waals surface area contributed by atoms with E-state index in [-0.39, 0.29) is 5.28 Å². The molecule has 0 spiro atoms. The summed E-state index contributed by atoms with van der Waals surface area (Å²) in [4.78, 5) is 17.7. The minimum absolute atomic E-state index is 0.154. The molecule has 10 aromatic carbocycles. The monoisotopic (exact) mass is 850 g/mol. The molecule has 1 N–H and O–H groups in total. The van der Waals surface area contributed by atoms with Gasteiger partial charge in [0.25, 0.3) is 0 Å². The molecule has 0 saturated heterocycles. The van der Waals surface area contributed by atoms with E-state index in [1.54, 1.807) is 0 Å². The van der Waals surface area contributed by atoms with Crippen molar-refractivity contribution < 1.29 is 4.42 Å². The van der Waals surface area contributed by atoms with Gasteiger partial charge in [-0.3, -0.25) is 0 Å². The first-order valence-electron chi connectivity index (χ1n) is 21.7. The molecule has 13 rings (SSSR count). The largest absolute Gasteiger partial charge is 0.455 e. The number of hydrogen-bond acceptors (Lipinski definition) is 4. The van der Waals surface area contributed by atoms with Crippen molar-refractivity contribution in [2.24, 2.45) is 0 Å². The SMILES string of the molecule is Clc1nc(-c2ccc(-c3ccccc3)cc2)nc(-c2ccc(-c3cccc(-c4ccc5oc6c(-c7cccc8c7[nH]c7c9ccccc9c9ccccc9c87)cccc6c5c4)c3)cc2)n1. The zero-order valence-electron chi connectivity index (χ0n) is 34.8. The summed E-state index contributed by atoms with van der Waals surface area (Å²) in [7, 11) is 0. The highest BCUT2D eigenvalue weighted by molar-refractivity contribution is 6.32. The van der Waals surface area contributed by atoms with E-state index >= 15 is 0 Å². The van der Waals surface area contributed by atoms with Crippen LogP contribution in [0.4, 0.5) is 0 Å². The zero-order chi connectivity index (χ0) is 43.0. The lowest BCUT2D eigenvalue weighted by Gasteiger charge is -2.09. The van der Waals surface area contributed by atoms with Crippen molar-refractivity contribution in [3.8, 4) is 67.3 Å². The highest BCUT2D eigenvalue weighted by Gasteiger charge is 2.19. The first-order chi connectivity index (χ1) is 32.1. The summed E-state index contributed by atoms with van der Waals surface area (Å²) in [6.45, 7) is 0. The standard InChI is InChI=1S/C59H35ClN4O/c60-59-63-57(38-27-23-36(24-28-38)35-11-2-1-3-12-35)62-58(64-59)39-29-25-37(26-30-39)40-13-8-14-41(33-40)42-31-32-52-51(34-42)49-21-10-20-48(56(49)65-52)47-19-9-22-50-53-45-17-6-4-15-43(45)44-16-5-7-18-46(44)55(53)61-54(47)50/h1-34,61H. The molecule has 304 valence electrons. The number of aromatic amines is 1. The van der Waals surface area contributed by atoms with Crippen LogP contribution in [0.1, 0.15) is 0 Å². The van der Waals surface area contributed by atoms with Crippen LogP contribution in [0, 0.1) is 0 Å². The number of furan rings is 1. The van der Waals surface area contributed by atoms with E-state index in [9.17, 15) is 0 Å². The number of aromatic nitrogens is 4. The van der Waals surface area contributed by atoms with E-state index in [2.05, 4.69) is 179 Å². The van der Waals surface area contributed by atoms with Gasteiger partial charge in [-0.05, 0) is 79.3 Å². The average molecular weight is 851 g/mol. The molecule has 13 aromatic rings. The van der Waals surface area contributed by atoms with Crippen molar-refractivity contribution in [1.82, 2.24) is 19.9 Å². The second-order valence-electron chi connectivity index (χ2n) is 16.5. The molecular weight excluding hydrogens is 816 g/mol. The maximum atomic E-state index is 6.76. The quantitative estimate of drug-likeness (QED) is 0.169. The molecule has 0 aliphatic heterocycles. The molecule has 5 nitrogen and oxygen atoms in total. The van der Waals surface area contributed by atoms with Crippen molar-refractivity contribution in [2.45, 2.75) is 0 Å². The van der Waals surface area contributed by atoms with E-state index in [0.717, 1.165) is 88.6 Å². The van der Waals surface area contributed by atoms with Crippen LogP contribution in [0.3, 0.4) is 0 Å². The van der Waals surface area contributed by atoms with Crippen molar-refractivity contribution >= 4 is 76.9 Å². The zero-order valence-corrected chi connectivity index (χ0v) is 35.5. The average Bonchev–Trinajstić information content (AvgIpc) is 3.96. The van der Waals surface area contributed by atoms with Gasteiger partial charge in [-0.15, -0.1) is 0 Å². The van der Waals surface area contributed by atoms with Crippen LogP contribution in [0.25, 0.3) is 133 Å². The number of hydrogen-bond donors (Lipinski definition) is 1. The number of rotatable bonds is 6. The number of benzene rings is 10. The molecule has 0 aliphatic rings. The Hall–Kier alpha value is -8.38. The molecule has 0 aliphatic carbocycles. The Bertz CT molecular complexity index is 4000. The number of nitrogens with one attached hydrogen (secondary N) is 1. The number of fused-ring (bicyclic) bond motifs is 11. The molecule has 0 radical (unpaired) electrons. The van der Waals surface area contributed by atoms with Crippen molar-refractivity contribution in [3.05, 3.63) is 212 Å². The predicted octanol–water partition coefficient (Wildman–Crippen LogP) is 16.4. The molecule has 0 amide bonds. The van der Waals surface area contributed by atoms with Gasteiger partial charge in [-0.1, -0.05) is 188 Å². The van der Waals surface area contributed by atoms with Crippen LogP contribution in [0.15, 0.2) is 211 Å². The Labute approximate surface area is 378 Å². The molecule has 0 fully saturated rings.